The highest BCUT2D eigenvalue weighted by Gasteiger charge is 2.52. The molecule has 8 nitrogen and oxygen atoms in total. The zero-order valence-electron chi connectivity index (χ0n) is 23.6. The molecule has 0 aliphatic carbocycles. The van der Waals surface area contributed by atoms with Crippen molar-refractivity contribution in [3.63, 3.8) is 0 Å². The maximum Gasteiger partial charge on any atom is 0.457 e. The van der Waals surface area contributed by atoms with Crippen molar-refractivity contribution < 1.29 is 27.9 Å². The maximum atomic E-state index is 15.0. The van der Waals surface area contributed by atoms with Crippen LogP contribution in [0.2, 0.25) is 0 Å². The Morgan fingerprint density at radius 3 is 1.98 bits per heavy atom. The molecular weight excluding hydrogens is 527 g/mol. The van der Waals surface area contributed by atoms with Gasteiger partial charge in [0.25, 0.3) is 0 Å². The first-order valence-electron chi connectivity index (χ1n) is 13.5. The first-order valence-corrected chi connectivity index (χ1v) is 15.1. The molecule has 3 aromatic carbocycles. The van der Waals surface area contributed by atoms with E-state index in [2.05, 4.69) is 5.32 Å². The number of hydrogen-bond acceptors (Lipinski definition) is 6. The number of hydrogen-bond donors (Lipinski definition) is 1. The van der Waals surface area contributed by atoms with Gasteiger partial charge in [-0.3, -0.25) is 4.79 Å². The quantitative estimate of drug-likeness (QED) is 0.274. The Morgan fingerprint density at radius 1 is 0.925 bits per heavy atom. The molecule has 9 heteroatoms. The molecule has 2 amide bonds. The van der Waals surface area contributed by atoms with Crippen LogP contribution >= 0.6 is 7.60 Å². The molecule has 0 radical (unpaired) electrons. The van der Waals surface area contributed by atoms with E-state index in [1.54, 1.807) is 69.3 Å². The third-order valence-electron chi connectivity index (χ3n) is 6.65. The number of para-hydroxylation sites is 2. The number of fused-ring (bicyclic) bond motifs is 1. The van der Waals surface area contributed by atoms with Crippen molar-refractivity contribution in [3.8, 4) is 11.5 Å². The van der Waals surface area contributed by atoms with Gasteiger partial charge in [0.15, 0.2) is 5.78 Å². The average Bonchev–Trinajstić information content (AvgIpc) is 3.32. The third kappa shape index (κ3) is 6.86. The second kappa shape index (κ2) is 12.2. The summed E-state index contributed by atoms with van der Waals surface area (Å²) < 4.78 is 32.8. The van der Waals surface area contributed by atoms with Crippen molar-refractivity contribution in [2.24, 2.45) is 5.92 Å². The highest BCUT2D eigenvalue weighted by Crippen LogP contribution is 2.64. The summed E-state index contributed by atoms with van der Waals surface area (Å²) in [5.74, 6) is -0.972. The number of carbonyl (C=O) groups excluding carboxylic acids is 2. The lowest BCUT2D eigenvalue weighted by Crippen LogP contribution is -2.52. The molecule has 1 aliphatic heterocycles. The summed E-state index contributed by atoms with van der Waals surface area (Å²) in [5, 5.41) is 2.78. The zero-order valence-corrected chi connectivity index (χ0v) is 24.5. The monoisotopic (exact) mass is 564 g/mol. The Hall–Kier alpha value is -3.77. The molecule has 3 aromatic rings. The van der Waals surface area contributed by atoms with Gasteiger partial charge in [0.05, 0.1) is 0 Å². The highest BCUT2D eigenvalue weighted by atomic mass is 31.2. The largest absolute Gasteiger partial charge is 0.457 e. The summed E-state index contributed by atoms with van der Waals surface area (Å²) in [6.07, 6.45) is -0.0697. The van der Waals surface area contributed by atoms with E-state index < -0.39 is 37.0 Å². The van der Waals surface area contributed by atoms with Gasteiger partial charge >= 0.3 is 13.7 Å². The van der Waals surface area contributed by atoms with Gasteiger partial charge in [-0.05, 0) is 62.1 Å². The van der Waals surface area contributed by atoms with E-state index in [0.717, 1.165) is 5.56 Å². The first-order chi connectivity index (χ1) is 19.0. The van der Waals surface area contributed by atoms with Crippen LogP contribution < -0.4 is 14.4 Å². The Bertz CT molecular complexity index is 1310. The molecular formula is C31H37N2O6P. The Morgan fingerprint density at radius 2 is 1.45 bits per heavy atom. The molecule has 1 heterocycles. The summed E-state index contributed by atoms with van der Waals surface area (Å²) in [6, 6.07) is 24.1. The van der Waals surface area contributed by atoms with Crippen LogP contribution in [-0.4, -0.2) is 28.5 Å². The highest BCUT2D eigenvalue weighted by molar-refractivity contribution is 7.55. The maximum absolute atomic E-state index is 15.0. The minimum Gasteiger partial charge on any atom is -0.444 e. The van der Waals surface area contributed by atoms with Gasteiger partial charge in [-0.15, -0.1) is 0 Å². The van der Waals surface area contributed by atoms with Crippen molar-refractivity contribution in [1.82, 2.24) is 10.2 Å². The molecule has 1 unspecified atom stereocenters. The molecule has 3 atom stereocenters. The van der Waals surface area contributed by atoms with E-state index in [0.29, 0.717) is 23.5 Å². The molecule has 1 aliphatic rings. The lowest BCUT2D eigenvalue weighted by Gasteiger charge is -2.35. The number of rotatable bonds is 9. The van der Waals surface area contributed by atoms with E-state index in [-0.39, 0.29) is 12.5 Å². The van der Waals surface area contributed by atoms with Gasteiger partial charge in [0.1, 0.15) is 23.1 Å². The number of amides is 2. The molecule has 0 saturated heterocycles. The van der Waals surface area contributed by atoms with E-state index >= 15 is 0 Å². The van der Waals surface area contributed by atoms with Gasteiger partial charge in [-0.25, -0.2) is 9.36 Å². The van der Waals surface area contributed by atoms with Crippen LogP contribution in [0.3, 0.4) is 0 Å². The van der Waals surface area contributed by atoms with Crippen LogP contribution in [0.1, 0.15) is 57.9 Å². The van der Waals surface area contributed by atoms with Crippen molar-refractivity contribution in [2.75, 3.05) is 0 Å². The number of nitrogens with one attached hydrogen (secondary N) is 1. The SMILES string of the molecule is CC[C@@H](C)[C@H](NC(=O)OC(C)(C)C)C(=O)N1Cc2ccccc2C1P(=O)(Oc1ccccc1)Oc1ccccc1. The number of ether oxygens (including phenoxy) is 1. The van der Waals surface area contributed by atoms with Gasteiger partial charge < -0.3 is 24.0 Å². The molecule has 212 valence electrons. The Labute approximate surface area is 236 Å². The normalized spacial score (nSPS) is 16.4. The summed E-state index contributed by atoms with van der Waals surface area (Å²) in [7, 11) is -4.14. The Kier molecular flexibility index (Phi) is 8.89. The predicted molar refractivity (Wildman–Crippen MR) is 154 cm³/mol. The van der Waals surface area contributed by atoms with E-state index in [9.17, 15) is 14.2 Å². The summed E-state index contributed by atoms with van der Waals surface area (Å²) in [4.78, 5) is 28.6. The smallest absolute Gasteiger partial charge is 0.444 e. The van der Waals surface area contributed by atoms with Crippen LogP contribution in [-0.2, 0) is 20.6 Å². The average molecular weight is 565 g/mol. The molecule has 4 rings (SSSR count). The van der Waals surface area contributed by atoms with Crippen molar-refractivity contribution in [3.05, 3.63) is 96.1 Å². The summed E-state index contributed by atoms with van der Waals surface area (Å²) in [5.41, 5.74) is 0.767. The fourth-order valence-corrected chi connectivity index (χ4v) is 6.78. The second-order valence-electron chi connectivity index (χ2n) is 10.9. The minimum absolute atomic E-state index is 0.183. The zero-order chi connectivity index (χ0) is 28.9. The molecule has 0 spiro atoms. The molecule has 40 heavy (non-hydrogen) atoms. The van der Waals surface area contributed by atoms with E-state index in [1.165, 1.54) is 4.90 Å². The number of carbonyl (C=O) groups is 2. The lowest BCUT2D eigenvalue weighted by atomic mass is 9.98. The van der Waals surface area contributed by atoms with E-state index in [4.69, 9.17) is 13.8 Å². The molecule has 0 saturated carbocycles. The van der Waals surface area contributed by atoms with Gasteiger partial charge in [0, 0.05) is 6.54 Å². The lowest BCUT2D eigenvalue weighted by molar-refractivity contribution is -0.136. The number of alkyl carbamates (subject to hydrolysis) is 1. The van der Waals surface area contributed by atoms with E-state index in [1.807, 2.05) is 50.2 Å². The topological polar surface area (TPSA) is 94.2 Å². The third-order valence-corrected chi connectivity index (χ3v) is 8.74. The summed E-state index contributed by atoms with van der Waals surface area (Å²) >= 11 is 0. The van der Waals surface area contributed by atoms with Gasteiger partial charge in [-0.2, -0.15) is 0 Å². The molecule has 0 bridgehead atoms. The van der Waals surface area contributed by atoms with Crippen molar-refractivity contribution in [1.29, 1.82) is 0 Å². The van der Waals surface area contributed by atoms with Gasteiger partial charge in [-0.1, -0.05) is 80.9 Å². The minimum atomic E-state index is -4.14. The molecule has 0 fully saturated rings. The van der Waals surface area contributed by atoms with Crippen LogP contribution in [0, 0.1) is 5.92 Å². The van der Waals surface area contributed by atoms with Crippen LogP contribution in [0.5, 0.6) is 11.5 Å². The van der Waals surface area contributed by atoms with Gasteiger partial charge in [0.2, 0.25) is 5.91 Å². The first kappa shape index (κ1) is 29.2. The summed E-state index contributed by atoms with van der Waals surface area (Å²) in [6.45, 7) is 9.30. The fraction of sp³-hybridized carbons (Fsp3) is 0.355. The fourth-order valence-electron chi connectivity index (χ4n) is 4.58. The van der Waals surface area contributed by atoms with Crippen LogP contribution in [0.25, 0.3) is 0 Å². The van der Waals surface area contributed by atoms with Crippen LogP contribution in [0.4, 0.5) is 4.79 Å². The number of benzene rings is 3. The predicted octanol–water partition coefficient (Wildman–Crippen LogP) is 7.32. The second-order valence-corrected chi connectivity index (χ2v) is 12.8. The van der Waals surface area contributed by atoms with Crippen LogP contribution in [0.15, 0.2) is 84.9 Å². The number of nitrogens with zero attached hydrogens (tertiary/aromatic N) is 1. The van der Waals surface area contributed by atoms with Crippen molar-refractivity contribution >= 4 is 19.6 Å². The molecule has 0 aromatic heterocycles. The van der Waals surface area contributed by atoms with Crippen molar-refractivity contribution in [2.45, 2.75) is 65.0 Å². The Balaban J connectivity index is 1.77. The molecule has 1 N–H and O–H groups in total. The standard InChI is InChI=1S/C31H37N2O6P/c1-6-22(2)27(32-30(35)37-31(3,4)5)28(34)33-21-23-15-13-14-20-26(23)29(33)40(36,38-24-16-9-7-10-17-24)39-25-18-11-8-12-19-25/h7-20,22,27,29H,6,21H2,1-5H3,(H,32,35)/t22-,27+,29?/m1/s1.